The van der Waals surface area contributed by atoms with Crippen molar-refractivity contribution in [3.8, 4) is 67.5 Å². The summed E-state index contributed by atoms with van der Waals surface area (Å²) in [7, 11) is 11.0. The zero-order valence-electron chi connectivity index (χ0n) is 33.3. The highest BCUT2D eigenvalue weighted by molar-refractivity contribution is 6.02. The maximum absolute atomic E-state index is 5.58. The van der Waals surface area contributed by atoms with Gasteiger partial charge in [0.1, 0.15) is 30.0 Å². The molecule has 2 aliphatic rings. The molecule has 0 radical (unpaired) electrons. The topological polar surface area (TPSA) is 73.5 Å². The van der Waals surface area contributed by atoms with Crippen LogP contribution in [0.2, 0.25) is 0 Å². The van der Waals surface area contributed by atoms with Crippen LogP contribution in [0.15, 0.2) is 127 Å². The highest BCUT2D eigenvalue weighted by Gasteiger charge is 2.25. The third-order valence-corrected chi connectivity index (χ3v) is 11.1. The van der Waals surface area contributed by atoms with Crippen LogP contribution in [0.1, 0.15) is 17.0 Å². The Morgan fingerprint density at radius 3 is 1.36 bits per heavy atom. The van der Waals surface area contributed by atoms with Gasteiger partial charge in [0.15, 0.2) is 6.21 Å². The van der Waals surface area contributed by atoms with E-state index >= 15 is 0 Å². The van der Waals surface area contributed by atoms with Gasteiger partial charge in [0.25, 0.3) is 0 Å². The van der Waals surface area contributed by atoms with Crippen LogP contribution in [-0.4, -0.2) is 60.8 Å². The molecule has 9 rings (SSSR count). The lowest BCUT2D eigenvalue weighted by molar-refractivity contribution is -0.395. The Morgan fingerprint density at radius 2 is 0.879 bits per heavy atom. The lowest BCUT2D eigenvalue weighted by atomic mass is 9.99. The number of fused-ring (bicyclic) bond motifs is 8. The predicted octanol–water partition coefficient (Wildman–Crippen LogP) is 11.2. The van der Waals surface area contributed by atoms with E-state index in [1.54, 1.807) is 28.4 Å². The van der Waals surface area contributed by atoms with E-state index in [1.165, 1.54) is 0 Å². The van der Waals surface area contributed by atoms with Gasteiger partial charge in [0.05, 0.1) is 67.5 Å². The molecule has 0 spiro atoms. The normalized spacial score (nSPS) is 12.0. The lowest BCUT2D eigenvalue weighted by Crippen LogP contribution is -1.97. The molecule has 3 aromatic heterocycles. The molecule has 4 aromatic carbocycles. The van der Waals surface area contributed by atoms with Crippen LogP contribution in [0.4, 0.5) is 5.69 Å². The average molecular weight is 764 g/mol. The Morgan fingerprint density at radius 1 is 0.483 bits per heavy atom. The Kier molecular flexibility index (Phi) is 9.38. The van der Waals surface area contributed by atoms with E-state index in [-0.39, 0.29) is 0 Å². The van der Waals surface area contributed by atoms with Crippen molar-refractivity contribution in [3.05, 3.63) is 144 Å². The van der Waals surface area contributed by atoms with E-state index in [0.29, 0.717) is 0 Å². The number of nitrogens with one attached hydrogen (secondary N) is 1. The third-order valence-electron chi connectivity index (χ3n) is 11.1. The molecule has 1 N–H and O–H groups in total. The Hall–Kier alpha value is -7.32. The minimum absolute atomic E-state index is 0.791. The van der Waals surface area contributed by atoms with Crippen LogP contribution >= 0.6 is 0 Å². The highest BCUT2D eigenvalue weighted by Crippen LogP contribution is 2.41. The minimum atomic E-state index is 0.791. The van der Waals surface area contributed by atoms with E-state index in [4.69, 9.17) is 23.9 Å². The summed E-state index contributed by atoms with van der Waals surface area (Å²) in [5, 5.41) is 0. The van der Waals surface area contributed by atoms with Gasteiger partial charge in [0.2, 0.25) is 5.69 Å². The van der Waals surface area contributed by atoms with Gasteiger partial charge in [-0.2, -0.15) is 0 Å². The molecular formula is C50H43N4O4+. The summed E-state index contributed by atoms with van der Waals surface area (Å²) in [6.45, 7) is 0. The smallest absolute Gasteiger partial charge is 0.215 e. The van der Waals surface area contributed by atoms with Gasteiger partial charge in [0, 0.05) is 35.3 Å². The molecule has 0 fully saturated rings. The standard InChI is InChI=1S/C50H42N4O4/c1-53-30-35-29-46(53)50(34-13-21-39(58-6)22-14-34)43-26-25-42(52-43)49(33-11-19-38(57-5)20-12-33)45-28-27-44(54(45)2)48(32-9-17-37(56-4)18-10-32)41-24-23-40(51-41)47(35)31-7-15-36(55-3)16-8-31/h7-30H,1-6H3/p+1. The maximum atomic E-state index is 5.58. The van der Waals surface area contributed by atoms with Gasteiger partial charge in [-0.15, -0.1) is 0 Å². The number of hydrogen-bond acceptors (Lipinski definition) is 5. The summed E-state index contributed by atoms with van der Waals surface area (Å²) in [6, 6.07) is 44.0. The first-order valence-electron chi connectivity index (χ1n) is 19.1. The molecule has 8 nitrogen and oxygen atoms in total. The largest absolute Gasteiger partial charge is 0.497 e. The van der Waals surface area contributed by atoms with E-state index < -0.39 is 0 Å². The average Bonchev–Trinajstić information content (AvgIpc) is 4.09. The number of aromatic amines is 1. The second-order valence-corrected chi connectivity index (χ2v) is 14.3. The molecule has 286 valence electrons. The summed E-state index contributed by atoms with van der Waals surface area (Å²) < 4.78 is 26.8. The molecule has 7 aromatic rings. The zero-order chi connectivity index (χ0) is 39.9. The SMILES string of the molecule is COc1ccc(-c2c3cc(c(-c4ccc(OC)cc4)c4ccc([nH]4)c(-c4ccc(OC)cc4)c4ccc(c(-c5ccc(OC)cc5)c5nc2C=C5)n4C)[N+](C)=C3)cc1. The summed E-state index contributed by atoms with van der Waals surface area (Å²) in [6.07, 6.45) is 6.46. The molecule has 0 aliphatic carbocycles. The number of methoxy groups -OCH3 is 4. The number of ether oxygens (including phenoxy) is 4. The Labute approximate surface area is 337 Å². The predicted molar refractivity (Wildman–Crippen MR) is 236 cm³/mol. The number of rotatable bonds is 8. The van der Waals surface area contributed by atoms with Gasteiger partial charge >= 0.3 is 0 Å². The van der Waals surface area contributed by atoms with Crippen molar-refractivity contribution in [2.24, 2.45) is 7.05 Å². The van der Waals surface area contributed by atoms with Crippen LogP contribution in [-0.2, 0) is 7.05 Å². The monoisotopic (exact) mass is 763 g/mol. The number of nitrogens with zero attached hydrogens (tertiary/aromatic N) is 3. The van der Waals surface area contributed by atoms with E-state index in [9.17, 15) is 0 Å². The van der Waals surface area contributed by atoms with Gasteiger partial charge in [-0.25, -0.2) is 9.56 Å². The van der Waals surface area contributed by atoms with Gasteiger partial charge < -0.3 is 28.5 Å². The summed E-state index contributed by atoms with van der Waals surface area (Å²) in [5.41, 5.74) is 16.1. The molecule has 2 aliphatic heterocycles. The van der Waals surface area contributed by atoms with Crippen molar-refractivity contribution < 1.29 is 23.5 Å². The van der Waals surface area contributed by atoms with Crippen molar-refractivity contribution in [2.75, 3.05) is 35.5 Å². The number of hydrogen-bond donors (Lipinski definition) is 1. The number of aryl methyl sites for hydroxylation is 1. The molecule has 0 unspecified atom stereocenters. The molecule has 5 heterocycles. The molecule has 0 saturated heterocycles. The molecule has 8 bridgehead atoms. The van der Waals surface area contributed by atoms with Crippen LogP contribution < -0.4 is 18.9 Å². The van der Waals surface area contributed by atoms with Crippen molar-refractivity contribution in [3.63, 3.8) is 0 Å². The highest BCUT2D eigenvalue weighted by atomic mass is 16.5. The first-order chi connectivity index (χ1) is 28.4. The van der Waals surface area contributed by atoms with Crippen LogP contribution in [0, 0.1) is 0 Å². The first kappa shape index (κ1) is 36.3. The lowest BCUT2D eigenvalue weighted by Gasteiger charge is -2.10. The summed E-state index contributed by atoms with van der Waals surface area (Å²) in [5.74, 6) is 3.18. The fourth-order valence-corrected chi connectivity index (χ4v) is 8.09. The molecule has 0 saturated carbocycles. The molecule has 0 atom stereocenters. The zero-order valence-corrected chi connectivity index (χ0v) is 33.3. The summed E-state index contributed by atoms with van der Waals surface area (Å²) >= 11 is 0. The van der Waals surface area contributed by atoms with Crippen LogP contribution in [0.5, 0.6) is 23.0 Å². The second-order valence-electron chi connectivity index (χ2n) is 14.3. The third kappa shape index (κ3) is 6.38. The van der Waals surface area contributed by atoms with Gasteiger partial charge in [-0.3, -0.25) is 0 Å². The summed E-state index contributed by atoms with van der Waals surface area (Å²) in [4.78, 5) is 9.37. The minimum Gasteiger partial charge on any atom is -0.497 e. The van der Waals surface area contributed by atoms with E-state index in [1.807, 2.05) is 48.5 Å². The quantitative estimate of drug-likeness (QED) is 0.156. The number of aromatic nitrogens is 3. The Bertz CT molecular complexity index is 2920. The molecule has 8 heteroatoms. The van der Waals surface area contributed by atoms with Crippen LogP contribution in [0.3, 0.4) is 0 Å². The van der Waals surface area contributed by atoms with Gasteiger partial charge in [-0.05, 0) is 107 Å². The van der Waals surface area contributed by atoms with E-state index in [2.05, 4.69) is 125 Å². The van der Waals surface area contributed by atoms with Crippen molar-refractivity contribution >= 4 is 46.1 Å². The number of H-pyrrole nitrogens is 1. The van der Waals surface area contributed by atoms with Gasteiger partial charge in [-0.1, -0.05) is 48.5 Å². The van der Waals surface area contributed by atoms with Crippen molar-refractivity contribution in [1.82, 2.24) is 14.5 Å². The maximum Gasteiger partial charge on any atom is 0.215 e. The fourth-order valence-electron chi connectivity index (χ4n) is 8.09. The van der Waals surface area contributed by atoms with Crippen molar-refractivity contribution in [2.45, 2.75) is 0 Å². The van der Waals surface area contributed by atoms with Crippen LogP contribution in [0.25, 0.3) is 78.7 Å². The Balaban J connectivity index is 1.48. The van der Waals surface area contributed by atoms with Crippen molar-refractivity contribution in [1.29, 1.82) is 0 Å². The first-order valence-corrected chi connectivity index (χ1v) is 19.1. The fraction of sp³-hybridized carbons (Fsp3) is 0.120. The molecular weight excluding hydrogens is 721 g/mol. The molecule has 58 heavy (non-hydrogen) atoms. The molecule has 0 amide bonds. The second kappa shape index (κ2) is 15.0. The number of benzene rings is 4. The van der Waals surface area contributed by atoms with E-state index in [0.717, 1.165) is 112 Å².